The minimum Gasteiger partial charge on any atom is -0.508 e. The second-order valence-electron chi connectivity index (χ2n) is 12.5. The van der Waals surface area contributed by atoms with Gasteiger partial charge in [0.25, 0.3) is 0 Å². The van der Waals surface area contributed by atoms with Crippen molar-refractivity contribution in [3.8, 4) is 33.8 Å². The Hall–Kier alpha value is -4.41. The number of aromatic nitrogens is 1. The molecule has 8 rings (SSSR count). The number of pyridine rings is 1. The number of rotatable bonds is 8. The molecule has 216 valence electrons. The van der Waals surface area contributed by atoms with Gasteiger partial charge in [-0.15, -0.1) is 6.58 Å². The van der Waals surface area contributed by atoms with E-state index in [-0.39, 0.29) is 0 Å². The number of hydrogen-bond donors (Lipinski definition) is 1. The Labute approximate surface area is 254 Å². The van der Waals surface area contributed by atoms with E-state index in [1.807, 2.05) is 18.3 Å². The maximum atomic E-state index is 10.3. The van der Waals surface area contributed by atoms with E-state index in [4.69, 9.17) is 4.74 Å². The predicted molar refractivity (Wildman–Crippen MR) is 175 cm³/mol. The molecule has 4 heteroatoms. The Morgan fingerprint density at radius 3 is 2.28 bits per heavy atom. The number of phenolic OH excluding ortho intramolecular Hbond substituents is 1. The summed E-state index contributed by atoms with van der Waals surface area (Å²) >= 11 is 0. The lowest BCUT2D eigenvalue weighted by atomic mass is 9.71. The van der Waals surface area contributed by atoms with Crippen molar-refractivity contribution in [1.82, 2.24) is 4.98 Å². The van der Waals surface area contributed by atoms with Crippen molar-refractivity contribution < 1.29 is 14.3 Å². The van der Waals surface area contributed by atoms with Crippen molar-refractivity contribution in [2.75, 3.05) is 20.2 Å². The number of quaternary nitrogens is 1. The first-order valence-corrected chi connectivity index (χ1v) is 15.4. The Kier molecular flexibility index (Phi) is 7.24. The fourth-order valence-corrected chi connectivity index (χ4v) is 7.96. The number of methoxy groups -OCH3 is 1. The van der Waals surface area contributed by atoms with Crippen LogP contribution in [-0.4, -0.2) is 40.8 Å². The summed E-state index contributed by atoms with van der Waals surface area (Å²) in [6.45, 7) is 7.51. The molecule has 4 aromatic carbocycles. The van der Waals surface area contributed by atoms with E-state index >= 15 is 0 Å². The van der Waals surface area contributed by atoms with Gasteiger partial charge in [0.05, 0.1) is 31.8 Å². The number of piperidine rings is 3. The summed E-state index contributed by atoms with van der Waals surface area (Å²) < 4.78 is 7.18. The van der Waals surface area contributed by atoms with Gasteiger partial charge in [-0.25, -0.2) is 0 Å². The smallest absolute Gasteiger partial charge is 0.134 e. The van der Waals surface area contributed by atoms with Crippen molar-refractivity contribution in [3.05, 3.63) is 127 Å². The van der Waals surface area contributed by atoms with Crippen LogP contribution in [0.1, 0.15) is 24.0 Å². The number of nitrogens with zero attached hydrogens (tertiary/aromatic N) is 2. The minimum absolute atomic E-state index is 0.294. The van der Waals surface area contributed by atoms with E-state index in [2.05, 4.69) is 96.5 Å². The Bertz CT molecular complexity index is 1710. The van der Waals surface area contributed by atoms with E-state index in [9.17, 15) is 5.11 Å². The monoisotopic (exact) mass is 567 g/mol. The molecule has 3 aliphatic rings. The molecule has 4 atom stereocenters. The van der Waals surface area contributed by atoms with Crippen molar-refractivity contribution in [1.29, 1.82) is 0 Å². The molecule has 0 saturated carbocycles. The molecule has 3 aliphatic heterocycles. The van der Waals surface area contributed by atoms with E-state index in [0.29, 0.717) is 23.6 Å². The first kappa shape index (κ1) is 27.4. The molecule has 3 fully saturated rings. The van der Waals surface area contributed by atoms with Crippen molar-refractivity contribution >= 4 is 10.9 Å². The quantitative estimate of drug-likeness (QED) is 0.151. The lowest BCUT2D eigenvalue weighted by Gasteiger charge is -2.57. The van der Waals surface area contributed by atoms with E-state index in [1.54, 1.807) is 13.2 Å². The highest BCUT2D eigenvalue weighted by Crippen LogP contribution is 2.47. The third kappa shape index (κ3) is 5.10. The van der Waals surface area contributed by atoms with E-state index < -0.39 is 0 Å². The summed E-state index contributed by atoms with van der Waals surface area (Å²) in [7, 11) is 1.78. The van der Waals surface area contributed by atoms with Crippen LogP contribution in [0.4, 0.5) is 0 Å². The average Bonchev–Trinajstić information content (AvgIpc) is 3.06. The molecule has 4 nitrogen and oxygen atoms in total. The third-order valence-corrected chi connectivity index (χ3v) is 10.1. The maximum Gasteiger partial charge on any atom is 0.134 e. The van der Waals surface area contributed by atoms with Gasteiger partial charge in [0.2, 0.25) is 0 Å². The van der Waals surface area contributed by atoms with Gasteiger partial charge < -0.3 is 14.3 Å². The fourth-order valence-electron chi connectivity index (χ4n) is 7.96. The summed E-state index contributed by atoms with van der Waals surface area (Å²) in [4.78, 5) is 4.59. The van der Waals surface area contributed by atoms with Crippen LogP contribution in [0.25, 0.3) is 33.2 Å². The lowest BCUT2D eigenvalue weighted by Crippen LogP contribution is -2.66. The number of ether oxygens (including phenoxy) is 1. The molecule has 2 bridgehead atoms. The molecule has 0 amide bonds. The van der Waals surface area contributed by atoms with Crippen LogP contribution >= 0.6 is 0 Å². The second-order valence-corrected chi connectivity index (χ2v) is 12.5. The zero-order valence-electron chi connectivity index (χ0n) is 24.8. The number of benzene rings is 4. The first-order chi connectivity index (χ1) is 21.1. The summed E-state index contributed by atoms with van der Waals surface area (Å²) in [6, 6.07) is 34.1. The van der Waals surface area contributed by atoms with Crippen molar-refractivity contribution in [3.63, 3.8) is 0 Å². The molecule has 4 unspecified atom stereocenters. The SMILES string of the molecule is C=CC1C[N+]2(Cc3cc(-c4ccccc4)c(OC)c(-c4ccccc4)c3)CCC1CC2Cc1ccnc2ccc(O)cc12. The Morgan fingerprint density at radius 2 is 1.63 bits per heavy atom. The van der Waals surface area contributed by atoms with Gasteiger partial charge in [0.15, 0.2) is 0 Å². The first-order valence-electron chi connectivity index (χ1n) is 15.4. The molecule has 1 N–H and O–H groups in total. The van der Waals surface area contributed by atoms with Crippen LogP contribution in [0.15, 0.2) is 116 Å². The van der Waals surface area contributed by atoms with E-state index in [0.717, 1.165) is 51.8 Å². The van der Waals surface area contributed by atoms with E-state index in [1.165, 1.54) is 41.6 Å². The topological polar surface area (TPSA) is 42.4 Å². The van der Waals surface area contributed by atoms with Gasteiger partial charge in [-0.1, -0.05) is 66.7 Å². The Morgan fingerprint density at radius 1 is 0.930 bits per heavy atom. The summed E-state index contributed by atoms with van der Waals surface area (Å²) in [5, 5.41) is 11.4. The second kappa shape index (κ2) is 11.3. The number of hydrogen-bond acceptors (Lipinski definition) is 3. The van der Waals surface area contributed by atoms with Gasteiger partial charge in [0, 0.05) is 53.5 Å². The number of aromatic hydroxyl groups is 1. The molecule has 0 radical (unpaired) electrons. The number of fused-ring (bicyclic) bond motifs is 4. The zero-order valence-corrected chi connectivity index (χ0v) is 24.8. The van der Waals surface area contributed by atoms with Crippen LogP contribution < -0.4 is 4.74 Å². The van der Waals surface area contributed by atoms with Crippen LogP contribution in [0.5, 0.6) is 11.5 Å². The van der Waals surface area contributed by atoms with Crippen molar-refractivity contribution in [2.24, 2.45) is 11.8 Å². The molecular weight excluding hydrogens is 528 g/mol. The van der Waals surface area contributed by atoms with Gasteiger partial charge >= 0.3 is 0 Å². The molecule has 0 spiro atoms. The maximum absolute atomic E-state index is 10.3. The minimum atomic E-state index is 0.294. The molecular formula is C39H39N2O2+. The lowest BCUT2D eigenvalue weighted by molar-refractivity contribution is -0.981. The molecule has 1 aromatic heterocycles. The normalized spacial score (nSPS) is 22.9. The summed E-state index contributed by atoms with van der Waals surface area (Å²) in [6.07, 6.45) is 7.52. The summed E-state index contributed by atoms with van der Waals surface area (Å²) in [5.74, 6) is 2.42. The molecule has 43 heavy (non-hydrogen) atoms. The molecule has 4 heterocycles. The molecule has 0 aliphatic carbocycles. The standard InChI is InChI=1S/C39H38N2O2/c1-3-28-26-41(19-17-31(28)22-33(41)23-32-16-18-40-38-15-14-34(42)24-35(32)38)25-27-20-36(29-10-6-4-7-11-29)39(43-2)37(21-27)30-12-8-5-9-13-30/h3-16,18,20-21,24,28,31,33H,1,17,19,22-23,25-26H2,2H3/p+1. The van der Waals surface area contributed by atoms with Gasteiger partial charge in [-0.3, -0.25) is 4.98 Å². The molecule has 5 aromatic rings. The van der Waals surface area contributed by atoms with Gasteiger partial charge in [0.1, 0.15) is 18.0 Å². The summed E-state index contributed by atoms with van der Waals surface area (Å²) in [5.41, 5.74) is 8.16. The third-order valence-electron chi connectivity index (χ3n) is 10.1. The van der Waals surface area contributed by atoms with Gasteiger partial charge in [-0.2, -0.15) is 0 Å². The number of phenols is 1. The molecule has 3 saturated heterocycles. The fraction of sp³-hybridized carbons (Fsp3) is 0.256. The predicted octanol–water partition coefficient (Wildman–Crippen LogP) is 8.44. The van der Waals surface area contributed by atoms with Crippen LogP contribution in [0.3, 0.4) is 0 Å². The van der Waals surface area contributed by atoms with Crippen LogP contribution in [0.2, 0.25) is 0 Å². The van der Waals surface area contributed by atoms with Crippen LogP contribution in [0, 0.1) is 11.8 Å². The van der Waals surface area contributed by atoms with Crippen LogP contribution in [-0.2, 0) is 13.0 Å². The Balaban J connectivity index is 1.33. The highest BCUT2D eigenvalue weighted by molar-refractivity contribution is 5.84. The highest BCUT2D eigenvalue weighted by atomic mass is 16.5. The van der Waals surface area contributed by atoms with Gasteiger partial charge in [-0.05, 0) is 59.0 Å². The largest absolute Gasteiger partial charge is 0.508 e. The zero-order chi connectivity index (χ0) is 29.4. The van der Waals surface area contributed by atoms with Crippen molar-refractivity contribution in [2.45, 2.75) is 31.8 Å². The average molecular weight is 568 g/mol. The highest BCUT2D eigenvalue weighted by Gasteiger charge is 2.51.